The van der Waals surface area contributed by atoms with Gasteiger partial charge in [-0.1, -0.05) is 0 Å². The molecular weight excluding hydrogens is 1130 g/mol. The van der Waals surface area contributed by atoms with E-state index in [-0.39, 0.29) is 95.0 Å². The highest BCUT2D eigenvalue weighted by atomic mass is 16.6. The minimum absolute atomic E-state index is 0.116. The predicted molar refractivity (Wildman–Crippen MR) is 323 cm³/mol. The van der Waals surface area contributed by atoms with Crippen molar-refractivity contribution in [1.29, 1.82) is 0 Å². The SMILES string of the molecule is COCCCCN(CCNC(=O)CCN1CCN(C2C(=O)N(C(CCC(=O)OC(C)(C)C)(CCC(=O)OC(C)(C)C)CCC(=O)OC(C)(C)C)C(=O)C2N2CCN(CCC(=O)NCCN(CCC(=O)OC)CCC(=O)OC)CC2)CC1)CCC(=O)OC. The monoisotopic (exact) mass is 1240 g/mol. The number of piperazine rings is 2. The highest BCUT2D eigenvalue weighted by Gasteiger charge is 2.59. The second-order valence-electron chi connectivity index (χ2n) is 25.7. The molecule has 2 atom stereocenters. The van der Waals surface area contributed by atoms with E-state index in [9.17, 15) is 38.4 Å². The molecule has 26 heteroatoms. The van der Waals surface area contributed by atoms with Crippen LogP contribution in [0, 0.1) is 0 Å². The molecule has 0 aromatic heterocycles. The zero-order chi connectivity index (χ0) is 65.0. The van der Waals surface area contributed by atoms with E-state index in [0.29, 0.717) is 111 Å². The van der Waals surface area contributed by atoms with Crippen molar-refractivity contribution >= 4 is 59.4 Å². The maximum Gasteiger partial charge on any atom is 0.306 e. The van der Waals surface area contributed by atoms with Crippen molar-refractivity contribution in [3.8, 4) is 0 Å². The van der Waals surface area contributed by atoms with Crippen molar-refractivity contribution in [2.75, 3.05) is 153 Å². The third-order valence-electron chi connectivity index (χ3n) is 15.4. The summed E-state index contributed by atoms with van der Waals surface area (Å²) in [6.07, 6.45) is 1.55. The van der Waals surface area contributed by atoms with Gasteiger partial charge in [0.2, 0.25) is 23.6 Å². The largest absolute Gasteiger partial charge is 0.469 e. The first-order chi connectivity index (χ1) is 40.9. The van der Waals surface area contributed by atoms with Crippen LogP contribution in [0.4, 0.5) is 0 Å². The summed E-state index contributed by atoms with van der Waals surface area (Å²) in [5.74, 6) is -4.16. The van der Waals surface area contributed by atoms with E-state index in [1.54, 1.807) is 69.4 Å². The Hall–Kier alpha value is -5.38. The van der Waals surface area contributed by atoms with Gasteiger partial charge in [0.1, 0.15) is 28.9 Å². The molecule has 4 amide bonds. The number of imide groups is 1. The Kier molecular flexibility index (Phi) is 32.8. The molecule has 0 aromatic rings. The second kappa shape index (κ2) is 37.6. The third kappa shape index (κ3) is 29.2. The summed E-state index contributed by atoms with van der Waals surface area (Å²) in [6, 6.07) is -2.00. The Morgan fingerprint density at radius 3 is 1.08 bits per heavy atom. The van der Waals surface area contributed by atoms with E-state index >= 15 is 9.59 Å². The van der Waals surface area contributed by atoms with E-state index in [2.05, 4.69) is 25.3 Å². The van der Waals surface area contributed by atoms with Crippen LogP contribution in [0.15, 0.2) is 0 Å². The summed E-state index contributed by atoms with van der Waals surface area (Å²) in [6.45, 7) is 24.0. The Balaban J connectivity index is 1.91. The van der Waals surface area contributed by atoms with Crippen LogP contribution < -0.4 is 10.6 Å². The average molecular weight is 1240 g/mol. The number of unbranched alkanes of at least 4 members (excludes halogenated alkanes) is 1. The maximum absolute atomic E-state index is 15.8. The fourth-order valence-corrected chi connectivity index (χ4v) is 11.0. The fraction of sp³-hybridized carbons (Fsp3) is 0.836. The number of hydrogen-bond acceptors (Lipinski definition) is 23. The lowest BCUT2D eigenvalue weighted by atomic mass is 9.81. The first-order valence-corrected chi connectivity index (χ1v) is 31.1. The van der Waals surface area contributed by atoms with Crippen molar-refractivity contribution in [3.05, 3.63) is 0 Å². The van der Waals surface area contributed by atoms with Gasteiger partial charge in [-0.3, -0.25) is 62.6 Å². The number of esters is 6. The lowest BCUT2D eigenvalue weighted by Crippen LogP contribution is -2.61. The quantitative estimate of drug-likeness (QED) is 0.0388. The summed E-state index contributed by atoms with van der Waals surface area (Å²) in [7, 11) is 5.63. The standard InChI is InChI=1S/C61H107N9O17/c1-58(2,3)85-51(76)16-24-61(25-17-52(77)86-59(4,5)6,26-18-53(78)87-60(7,8)9)70-56(79)54(68-41-37-66(38-42-68)30-19-46(71)62-27-35-64(29-14-15-45-81-10)32-21-48(73)82-11)55(57(70)80)69-43-39-67(40-44-69)31-20-47(72)63-28-36-65(33-22-49(74)83-12)34-23-50(75)84-13/h54-55H,14-45H2,1-13H3,(H,62,71)(H,63,72). The number of amides is 4. The number of carbonyl (C=O) groups excluding carboxylic acids is 10. The van der Waals surface area contributed by atoms with Gasteiger partial charge in [0.05, 0.1) is 46.1 Å². The van der Waals surface area contributed by atoms with Crippen molar-refractivity contribution in [3.63, 3.8) is 0 Å². The van der Waals surface area contributed by atoms with Crippen LogP contribution in [0.25, 0.3) is 0 Å². The molecule has 0 aromatic carbocycles. The van der Waals surface area contributed by atoms with Gasteiger partial charge in [0, 0.05) is 157 Å². The third-order valence-corrected chi connectivity index (χ3v) is 15.4. The van der Waals surface area contributed by atoms with Crippen molar-refractivity contribution < 1.29 is 81.1 Å². The first kappa shape index (κ1) is 75.9. The molecule has 3 heterocycles. The molecule has 3 fully saturated rings. The van der Waals surface area contributed by atoms with Crippen molar-refractivity contribution in [2.45, 2.75) is 180 Å². The molecule has 2 N–H and O–H groups in total. The first-order valence-electron chi connectivity index (χ1n) is 31.1. The van der Waals surface area contributed by atoms with Crippen molar-refractivity contribution in [2.24, 2.45) is 0 Å². The minimum Gasteiger partial charge on any atom is -0.469 e. The molecule has 3 rings (SSSR count). The molecule has 3 saturated heterocycles. The Bertz CT molecular complexity index is 2120. The average Bonchev–Trinajstić information content (AvgIpc) is 1.61. The van der Waals surface area contributed by atoms with Crippen molar-refractivity contribution in [1.82, 2.24) is 44.9 Å². The predicted octanol–water partition coefficient (Wildman–Crippen LogP) is 2.16. The number of hydrogen-bond donors (Lipinski definition) is 2. The van der Waals surface area contributed by atoms with E-state index in [0.717, 1.165) is 19.4 Å². The van der Waals surface area contributed by atoms with Crippen LogP contribution in [-0.4, -0.2) is 281 Å². The van der Waals surface area contributed by atoms with Crippen LogP contribution in [0.2, 0.25) is 0 Å². The highest BCUT2D eigenvalue weighted by molar-refractivity contribution is 6.10. The van der Waals surface area contributed by atoms with Gasteiger partial charge < -0.3 is 63.4 Å². The summed E-state index contributed by atoms with van der Waals surface area (Å²) in [5, 5.41) is 5.96. The highest BCUT2D eigenvalue weighted by Crippen LogP contribution is 2.40. The lowest BCUT2D eigenvalue weighted by molar-refractivity contribution is -0.162. The number of rotatable bonds is 38. The molecular formula is C61H107N9O17. The van der Waals surface area contributed by atoms with E-state index in [1.165, 1.54) is 26.2 Å². The van der Waals surface area contributed by atoms with E-state index < -0.39 is 76.1 Å². The van der Waals surface area contributed by atoms with Crippen LogP contribution in [0.5, 0.6) is 0 Å². The fourth-order valence-electron chi connectivity index (χ4n) is 11.0. The van der Waals surface area contributed by atoms with Gasteiger partial charge in [0.25, 0.3) is 0 Å². The molecule has 0 bridgehead atoms. The summed E-state index contributed by atoms with van der Waals surface area (Å²) in [4.78, 5) is 148. The van der Waals surface area contributed by atoms with Gasteiger partial charge in [-0.15, -0.1) is 0 Å². The zero-order valence-electron chi connectivity index (χ0n) is 54.9. The normalized spacial score (nSPS) is 17.8. The van der Waals surface area contributed by atoms with Crippen LogP contribution in [0.1, 0.15) is 146 Å². The minimum atomic E-state index is -1.56. The lowest BCUT2D eigenvalue weighted by Gasteiger charge is -2.42. The topological polar surface area (TPSA) is 282 Å². The Labute approximate surface area is 516 Å². The molecule has 3 aliphatic heterocycles. The van der Waals surface area contributed by atoms with Gasteiger partial charge in [0.15, 0.2) is 0 Å². The number of methoxy groups -OCH3 is 4. The van der Waals surface area contributed by atoms with Crippen LogP contribution in [0.3, 0.4) is 0 Å². The number of nitrogens with zero attached hydrogens (tertiary/aromatic N) is 7. The molecule has 0 saturated carbocycles. The van der Waals surface area contributed by atoms with Crippen LogP contribution in [-0.2, 0) is 81.1 Å². The summed E-state index contributed by atoms with van der Waals surface area (Å²) < 4.78 is 36.8. The molecule has 0 aliphatic carbocycles. The maximum atomic E-state index is 15.8. The second-order valence-corrected chi connectivity index (χ2v) is 25.7. The van der Waals surface area contributed by atoms with E-state index in [1.807, 2.05) is 14.7 Å². The smallest absolute Gasteiger partial charge is 0.306 e. The molecule has 498 valence electrons. The summed E-state index contributed by atoms with van der Waals surface area (Å²) in [5.41, 5.74) is -4.13. The van der Waals surface area contributed by atoms with Gasteiger partial charge in [-0.2, -0.15) is 0 Å². The number of ether oxygens (including phenoxy) is 7. The number of likely N-dealkylation sites (tertiary alicyclic amines) is 1. The number of carbonyl (C=O) groups is 10. The zero-order valence-corrected chi connectivity index (χ0v) is 54.9. The van der Waals surface area contributed by atoms with E-state index in [4.69, 9.17) is 33.2 Å². The Morgan fingerprint density at radius 1 is 0.437 bits per heavy atom. The van der Waals surface area contributed by atoms with Gasteiger partial charge >= 0.3 is 35.8 Å². The Morgan fingerprint density at radius 2 is 0.770 bits per heavy atom. The van der Waals surface area contributed by atoms with Crippen LogP contribution >= 0.6 is 0 Å². The molecule has 26 nitrogen and oxygen atoms in total. The van der Waals surface area contributed by atoms with Gasteiger partial charge in [-0.25, -0.2) is 0 Å². The molecule has 2 unspecified atom stereocenters. The number of nitrogens with one attached hydrogen (secondary N) is 2. The van der Waals surface area contributed by atoms with Gasteiger partial charge in [-0.05, 0) is 101 Å². The molecule has 3 aliphatic rings. The summed E-state index contributed by atoms with van der Waals surface area (Å²) >= 11 is 0. The molecule has 0 spiro atoms. The molecule has 0 radical (unpaired) electrons. The molecule has 87 heavy (non-hydrogen) atoms.